The Morgan fingerprint density at radius 1 is 1.05 bits per heavy atom. The number of benzene rings is 1. The second kappa shape index (κ2) is 6.51. The highest BCUT2D eigenvalue weighted by atomic mass is 16.2. The fraction of sp³-hybridized carbons (Fsp3) is 0.375. The molecular weight excluding hydrogens is 282 g/mol. The molecule has 1 fully saturated rings. The lowest BCUT2D eigenvalue weighted by atomic mass is 9.99. The Balaban J connectivity index is 2.08. The number of barbiturate groups is 1. The molecule has 1 aliphatic heterocycles. The molecule has 0 atom stereocenters. The normalized spacial score (nSPS) is 17.4. The molecule has 4 amide bonds. The second-order valence-electron chi connectivity index (χ2n) is 5.27. The van der Waals surface area contributed by atoms with Gasteiger partial charge in [-0.25, -0.2) is 4.79 Å². The van der Waals surface area contributed by atoms with Crippen LogP contribution < -0.4 is 0 Å². The van der Waals surface area contributed by atoms with Crippen LogP contribution >= 0.6 is 0 Å². The van der Waals surface area contributed by atoms with Crippen molar-refractivity contribution in [3.05, 3.63) is 35.9 Å². The SMILES string of the molecule is CC(=NCCc1ccccc1)C1C(=O)N(C)C(=O)N(C)C1=O. The Morgan fingerprint density at radius 3 is 2.14 bits per heavy atom. The molecule has 1 saturated heterocycles. The minimum absolute atomic E-state index is 0.442. The smallest absolute Gasteiger partial charge is 0.293 e. The lowest BCUT2D eigenvalue weighted by molar-refractivity contribution is -0.144. The zero-order valence-corrected chi connectivity index (χ0v) is 12.9. The van der Waals surface area contributed by atoms with E-state index in [2.05, 4.69) is 4.99 Å². The van der Waals surface area contributed by atoms with Crippen LogP contribution in [0.2, 0.25) is 0 Å². The Morgan fingerprint density at radius 2 is 1.59 bits per heavy atom. The topological polar surface area (TPSA) is 70.1 Å². The molecule has 0 N–H and O–H groups in total. The summed E-state index contributed by atoms with van der Waals surface area (Å²) in [7, 11) is 2.75. The molecule has 1 aliphatic rings. The molecule has 0 bridgehead atoms. The van der Waals surface area contributed by atoms with Gasteiger partial charge in [0.25, 0.3) is 0 Å². The molecule has 116 valence electrons. The molecule has 6 nitrogen and oxygen atoms in total. The first-order chi connectivity index (χ1) is 10.4. The number of hydrogen-bond donors (Lipinski definition) is 0. The molecule has 0 aromatic heterocycles. The first kappa shape index (κ1) is 15.9. The van der Waals surface area contributed by atoms with Gasteiger partial charge in [0.1, 0.15) is 0 Å². The highest BCUT2D eigenvalue weighted by molar-refractivity contribution is 6.26. The summed E-state index contributed by atoms with van der Waals surface area (Å²) in [6.45, 7) is 2.15. The first-order valence-corrected chi connectivity index (χ1v) is 7.07. The van der Waals surface area contributed by atoms with E-state index in [1.165, 1.54) is 14.1 Å². The summed E-state index contributed by atoms with van der Waals surface area (Å²) in [4.78, 5) is 42.2. The molecule has 0 radical (unpaired) electrons. The predicted octanol–water partition coefficient (Wildman–Crippen LogP) is 1.36. The number of imide groups is 2. The third kappa shape index (κ3) is 3.05. The van der Waals surface area contributed by atoms with E-state index in [0.29, 0.717) is 12.3 Å². The third-order valence-corrected chi connectivity index (χ3v) is 3.75. The number of carbonyl (C=O) groups is 3. The summed E-state index contributed by atoms with van der Waals surface area (Å²) in [6, 6.07) is 9.25. The van der Waals surface area contributed by atoms with Gasteiger partial charge in [-0.2, -0.15) is 0 Å². The molecule has 6 heteroatoms. The molecule has 1 heterocycles. The van der Waals surface area contributed by atoms with Crippen molar-refractivity contribution < 1.29 is 14.4 Å². The largest absolute Gasteiger partial charge is 0.332 e. The maximum absolute atomic E-state index is 12.1. The summed E-state index contributed by atoms with van der Waals surface area (Å²) >= 11 is 0. The van der Waals surface area contributed by atoms with Crippen LogP contribution in [0, 0.1) is 5.92 Å². The zero-order chi connectivity index (χ0) is 16.3. The minimum Gasteiger partial charge on any atom is -0.293 e. The average molecular weight is 301 g/mol. The van der Waals surface area contributed by atoms with Crippen LogP contribution in [-0.4, -0.2) is 54.0 Å². The molecule has 2 rings (SSSR count). The van der Waals surface area contributed by atoms with Crippen molar-refractivity contribution in [2.24, 2.45) is 10.9 Å². The van der Waals surface area contributed by atoms with E-state index in [1.54, 1.807) is 6.92 Å². The van der Waals surface area contributed by atoms with Crippen LogP contribution in [0.25, 0.3) is 0 Å². The van der Waals surface area contributed by atoms with Gasteiger partial charge in [0.2, 0.25) is 11.8 Å². The van der Waals surface area contributed by atoms with Gasteiger partial charge < -0.3 is 0 Å². The van der Waals surface area contributed by atoms with Gasteiger partial charge in [-0.15, -0.1) is 0 Å². The summed E-state index contributed by atoms with van der Waals surface area (Å²) in [5, 5.41) is 0. The van der Waals surface area contributed by atoms with Crippen LogP contribution in [0.1, 0.15) is 12.5 Å². The highest BCUT2D eigenvalue weighted by Crippen LogP contribution is 2.17. The van der Waals surface area contributed by atoms with E-state index in [1.807, 2.05) is 30.3 Å². The molecule has 0 aliphatic carbocycles. The van der Waals surface area contributed by atoms with Crippen LogP contribution in [-0.2, 0) is 16.0 Å². The maximum atomic E-state index is 12.1. The highest BCUT2D eigenvalue weighted by Gasteiger charge is 2.43. The molecule has 22 heavy (non-hydrogen) atoms. The van der Waals surface area contributed by atoms with E-state index in [-0.39, 0.29) is 0 Å². The van der Waals surface area contributed by atoms with Crippen molar-refractivity contribution in [2.45, 2.75) is 13.3 Å². The molecule has 0 unspecified atom stereocenters. The average Bonchev–Trinajstić information content (AvgIpc) is 2.52. The van der Waals surface area contributed by atoms with Crippen molar-refractivity contribution in [2.75, 3.05) is 20.6 Å². The van der Waals surface area contributed by atoms with Gasteiger partial charge in [-0.05, 0) is 18.9 Å². The fourth-order valence-electron chi connectivity index (χ4n) is 2.36. The Hall–Kier alpha value is -2.50. The van der Waals surface area contributed by atoms with Crippen LogP contribution in [0.4, 0.5) is 4.79 Å². The molecule has 0 spiro atoms. The van der Waals surface area contributed by atoms with Gasteiger partial charge in [0.15, 0.2) is 5.92 Å². The monoisotopic (exact) mass is 301 g/mol. The van der Waals surface area contributed by atoms with E-state index in [4.69, 9.17) is 0 Å². The summed E-state index contributed by atoms with van der Waals surface area (Å²) in [5.41, 5.74) is 1.59. The van der Waals surface area contributed by atoms with Gasteiger partial charge in [0.05, 0.1) is 0 Å². The Kier molecular flexibility index (Phi) is 4.70. The number of aliphatic imine (C=N–C) groups is 1. The van der Waals surface area contributed by atoms with Gasteiger partial charge in [-0.1, -0.05) is 30.3 Å². The number of urea groups is 1. The quantitative estimate of drug-likeness (QED) is 0.623. The predicted molar refractivity (Wildman–Crippen MR) is 82.5 cm³/mol. The molecule has 0 saturated carbocycles. The summed E-state index contributed by atoms with van der Waals surface area (Å²) in [6.07, 6.45) is 0.734. The number of carbonyl (C=O) groups excluding carboxylic acids is 3. The Bertz CT molecular complexity index is 601. The van der Waals surface area contributed by atoms with E-state index in [0.717, 1.165) is 21.8 Å². The van der Waals surface area contributed by atoms with Crippen molar-refractivity contribution in [3.63, 3.8) is 0 Å². The number of hydrogen-bond acceptors (Lipinski definition) is 4. The van der Waals surface area contributed by atoms with E-state index in [9.17, 15) is 14.4 Å². The van der Waals surface area contributed by atoms with E-state index >= 15 is 0 Å². The van der Waals surface area contributed by atoms with Crippen molar-refractivity contribution in [1.29, 1.82) is 0 Å². The minimum atomic E-state index is -0.997. The van der Waals surface area contributed by atoms with Gasteiger partial charge in [-0.3, -0.25) is 24.4 Å². The lowest BCUT2D eigenvalue weighted by Crippen LogP contribution is -2.58. The summed E-state index contributed by atoms with van der Waals surface area (Å²) in [5.74, 6) is -2.04. The van der Waals surface area contributed by atoms with Crippen LogP contribution in [0.5, 0.6) is 0 Å². The number of nitrogens with zero attached hydrogens (tertiary/aromatic N) is 3. The Labute approximate surface area is 129 Å². The molecule has 1 aromatic carbocycles. The molecular formula is C16H19N3O3. The summed E-state index contributed by atoms with van der Waals surface area (Å²) < 4.78 is 0. The molecule has 1 aromatic rings. The number of amides is 4. The zero-order valence-electron chi connectivity index (χ0n) is 12.9. The van der Waals surface area contributed by atoms with Gasteiger partial charge >= 0.3 is 6.03 Å². The maximum Gasteiger partial charge on any atom is 0.332 e. The fourth-order valence-corrected chi connectivity index (χ4v) is 2.36. The lowest BCUT2D eigenvalue weighted by Gasteiger charge is -2.32. The van der Waals surface area contributed by atoms with Crippen LogP contribution in [0.3, 0.4) is 0 Å². The number of rotatable bonds is 4. The van der Waals surface area contributed by atoms with Crippen molar-refractivity contribution >= 4 is 23.6 Å². The first-order valence-electron chi connectivity index (χ1n) is 7.07. The van der Waals surface area contributed by atoms with Crippen molar-refractivity contribution in [1.82, 2.24) is 9.80 Å². The van der Waals surface area contributed by atoms with Gasteiger partial charge in [0, 0.05) is 26.4 Å². The van der Waals surface area contributed by atoms with Crippen LogP contribution in [0.15, 0.2) is 35.3 Å². The second-order valence-corrected chi connectivity index (χ2v) is 5.27. The van der Waals surface area contributed by atoms with Crippen molar-refractivity contribution in [3.8, 4) is 0 Å². The van der Waals surface area contributed by atoms with E-state index < -0.39 is 23.8 Å². The standard InChI is InChI=1S/C16H19N3O3/c1-11(17-10-9-12-7-5-4-6-8-12)13-14(20)18(2)16(22)19(3)15(13)21/h4-8,13H,9-10H2,1-3H3. The third-order valence-electron chi connectivity index (χ3n) is 3.75.